The Morgan fingerprint density at radius 3 is 2.43 bits per heavy atom. The quantitative estimate of drug-likeness (QED) is 0.575. The average Bonchev–Trinajstić information content (AvgIpc) is 3.03. The van der Waals surface area contributed by atoms with Gasteiger partial charge in [-0.25, -0.2) is 4.79 Å². The Morgan fingerprint density at radius 2 is 1.74 bits per heavy atom. The molecule has 1 N–H and O–H groups in total. The minimum Gasteiger partial charge on any atom is -0.283 e. The molecule has 0 saturated carbocycles. The molecule has 0 bridgehead atoms. The smallest absolute Gasteiger partial charge is 0.283 e. The van der Waals surface area contributed by atoms with Gasteiger partial charge in [-0.2, -0.15) is 4.98 Å². The van der Waals surface area contributed by atoms with E-state index in [9.17, 15) is 9.59 Å². The summed E-state index contributed by atoms with van der Waals surface area (Å²) < 4.78 is 5.14. The number of aryl methyl sites for hydroxylation is 2. The number of fused-ring (bicyclic) bond motifs is 3. The maximum absolute atomic E-state index is 12.3. The molecule has 1 aromatic carbocycles. The zero-order chi connectivity index (χ0) is 16.3. The van der Waals surface area contributed by atoms with Crippen molar-refractivity contribution in [2.75, 3.05) is 0 Å². The van der Waals surface area contributed by atoms with Gasteiger partial charge in [-0.3, -0.25) is 23.3 Å². The van der Waals surface area contributed by atoms with Crippen molar-refractivity contribution in [3.8, 4) is 5.69 Å². The summed E-state index contributed by atoms with van der Waals surface area (Å²) in [5.74, 6) is 0.618. The van der Waals surface area contributed by atoms with Gasteiger partial charge in [0, 0.05) is 24.1 Å². The molecule has 4 rings (SSSR count). The number of benzene rings is 1. The minimum atomic E-state index is -0.469. The highest BCUT2D eigenvalue weighted by molar-refractivity contribution is 5.77. The van der Waals surface area contributed by atoms with Gasteiger partial charge in [0.2, 0.25) is 5.78 Å². The monoisotopic (exact) mass is 309 g/mol. The summed E-state index contributed by atoms with van der Waals surface area (Å²) in [5, 5.41) is 0. The van der Waals surface area contributed by atoms with E-state index in [0.29, 0.717) is 16.9 Å². The number of hydrogen-bond donors (Lipinski definition) is 1. The van der Waals surface area contributed by atoms with Crippen LogP contribution in [0.15, 0.2) is 39.9 Å². The van der Waals surface area contributed by atoms with Crippen LogP contribution in [0.3, 0.4) is 0 Å². The van der Waals surface area contributed by atoms with Crippen LogP contribution in [-0.4, -0.2) is 23.5 Å². The van der Waals surface area contributed by atoms with Crippen LogP contribution < -0.4 is 11.2 Å². The lowest BCUT2D eigenvalue weighted by molar-refractivity contribution is 0.830. The molecule has 116 valence electrons. The van der Waals surface area contributed by atoms with Gasteiger partial charge >= 0.3 is 5.69 Å². The number of aromatic amines is 1. The van der Waals surface area contributed by atoms with E-state index in [0.717, 1.165) is 17.1 Å². The molecule has 0 aliphatic rings. The van der Waals surface area contributed by atoms with E-state index in [1.54, 1.807) is 11.4 Å². The zero-order valence-corrected chi connectivity index (χ0v) is 13.0. The molecule has 23 heavy (non-hydrogen) atoms. The average molecular weight is 309 g/mol. The molecule has 0 spiro atoms. The van der Waals surface area contributed by atoms with Gasteiger partial charge in [0.25, 0.3) is 5.56 Å². The highest BCUT2D eigenvalue weighted by Crippen LogP contribution is 2.23. The van der Waals surface area contributed by atoms with Gasteiger partial charge < -0.3 is 0 Å². The number of nitrogens with zero attached hydrogens (tertiary/aromatic N) is 4. The van der Waals surface area contributed by atoms with Crippen molar-refractivity contribution in [1.29, 1.82) is 0 Å². The minimum absolute atomic E-state index is 0.376. The molecule has 0 saturated heterocycles. The Hall–Kier alpha value is -3.09. The number of rotatable bonds is 1. The largest absolute Gasteiger partial charge is 0.329 e. The summed E-state index contributed by atoms with van der Waals surface area (Å²) in [4.78, 5) is 31.0. The van der Waals surface area contributed by atoms with Crippen LogP contribution >= 0.6 is 0 Å². The number of para-hydroxylation sites is 1. The lowest BCUT2D eigenvalue weighted by Gasteiger charge is -2.05. The van der Waals surface area contributed by atoms with E-state index in [1.165, 1.54) is 4.57 Å². The number of imidazole rings is 2. The third-order valence-corrected chi connectivity index (χ3v) is 4.31. The highest BCUT2D eigenvalue weighted by atomic mass is 16.2. The van der Waals surface area contributed by atoms with Crippen LogP contribution in [-0.2, 0) is 7.05 Å². The van der Waals surface area contributed by atoms with Crippen LogP contribution in [0.2, 0.25) is 0 Å². The maximum Gasteiger partial charge on any atom is 0.329 e. The molecule has 0 unspecified atom stereocenters. The summed E-state index contributed by atoms with van der Waals surface area (Å²) in [7, 11) is 1.60. The van der Waals surface area contributed by atoms with E-state index < -0.39 is 11.2 Å². The molecular weight excluding hydrogens is 294 g/mol. The lowest BCUT2D eigenvalue weighted by atomic mass is 10.3. The van der Waals surface area contributed by atoms with E-state index in [1.807, 2.05) is 48.7 Å². The number of nitrogens with one attached hydrogen (secondary N) is 1. The lowest BCUT2D eigenvalue weighted by Crippen LogP contribution is -2.28. The van der Waals surface area contributed by atoms with Gasteiger partial charge in [-0.1, -0.05) is 18.2 Å². The first kappa shape index (κ1) is 13.6. The third-order valence-electron chi connectivity index (χ3n) is 4.31. The van der Waals surface area contributed by atoms with Crippen LogP contribution in [0.25, 0.3) is 22.6 Å². The van der Waals surface area contributed by atoms with Crippen molar-refractivity contribution < 1.29 is 0 Å². The van der Waals surface area contributed by atoms with E-state index in [-0.39, 0.29) is 0 Å². The second-order valence-corrected chi connectivity index (χ2v) is 5.58. The van der Waals surface area contributed by atoms with Gasteiger partial charge in [0.05, 0.1) is 0 Å². The molecule has 4 aromatic rings. The van der Waals surface area contributed by atoms with Crippen molar-refractivity contribution in [2.45, 2.75) is 13.8 Å². The first-order valence-electron chi connectivity index (χ1n) is 7.25. The fourth-order valence-corrected chi connectivity index (χ4v) is 3.00. The second kappa shape index (κ2) is 4.45. The van der Waals surface area contributed by atoms with Crippen molar-refractivity contribution in [3.05, 3.63) is 62.6 Å². The highest BCUT2D eigenvalue weighted by Gasteiger charge is 2.20. The van der Waals surface area contributed by atoms with Crippen LogP contribution in [0.5, 0.6) is 0 Å². The Kier molecular flexibility index (Phi) is 2.63. The Morgan fingerprint density at radius 1 is 1.04 bits per heavy atom. The van der Waals surface area contributed by atoms with Crippen LogP contribution in [0.4, 0.5) is 0 Å². The topological polar surface area (TPSA) is 77.1 Å². The van der Waals surface area contributed by atoms with Crippen molar-refractivity contribution >= 4 is 16.9 Å². The van der Waals surface area contributed by atoms with E-state index in [4.69, 9.17) is 0 Å². The summed E-state index contributed by atoms with van der Waals surface area (Å²) >= 11 is 0. The summed E-state index contributed by atoms with van der Waals surface area (Å²) in [5.41, 5.74) is 2.73. The normalized spacial score (nSPS) is 11.6. The summed E-state index contributed by atoms with van der Waals surface area (Å²) in [6.07, 6.45) is 0. The number of hydrogen-bond acceptors (Lipinski definition) is 3. The number of aromatic nitrogens is 5. The SMILES string of the molecule is Cc1c(C)n2c3c(=O)[nH]c(=O)n(C)c3nc2n1-c1ccccc1. The van der Waals surface area contributed by atoms with Crippen molar-refractivity contribution in [1.82, 2.24) is 23.5 Å². The maximum atomic E-state index is 12.3. The van der Waals surface area contributed by atoms with Gasteiger partial charge in [0.1, 0.15) is 0 Å². The van der Waals surface area contributed by atoms with Gasteiger partial charge in [0.15, 0.2) is 11.2 Å². The molecule has 0 amide bonds. The second-order valence-electron chi connectivity index (χ2n) is 5.58. The van der Waals surface area contributed by atoms with Crippen molar-refractivity contribution in [2.24, 2.45) is 7.05 Å². The molecule has 3 aromatic heterocycles. The Labute approximate surface area is 130 Å². The predicted octanol–water partition coefficient (Wildman–Crippen LogP) is 1.28. The Balaban J connectivity index is 2.28. The first-order chi connectivity index (χ1) is 11.0. The van der Waals surface area contributed by atoms with Crippen molar-refractivity contribution in [3.63, 3.8) is 0 Å². The molecule has 3 heterocycles. The zero-order valence-electron chi connectivity index (χ0n) is 13.0. The first-order valence-corrected chi connectivity index (χ1v) is 7.25. The van der Waals surface area contributed by atoms with Crippen LogP contribution in [0, 0.1) is 13.8 Å². The molecule has 7 heteroatoms. The van der Waals surface area contributed by atoms with Crippen LogP contribution in [0.1, 0.15) is 11.4 Å². The molecule has 0 radical (unpaired) electrons. The predicted molar refractivity (Wildman–Crippen MR) is 87.4 cm³/mol. The summed E-state index contributed by atoms with van der Waals surface area (Å²) in [6.45, 7) is 3.92. The molecule has 0 fully saturated rings. The number of H-pyrrole nitrogens is 1. The van der Waals surface area contributed by atoms with Gasteiger partial charge in [-0.05, 0) is 26.0 Å². The standard InChI is InChI=1S/C16H15N5O2/c1-9-10(2)21-12-13(19(3)16(23)18-14(12)22)17-15(21)20(9)11-7-5-4-6-8-11/h4-8H,1-3H3,(H,18,22,23). The molecule has 0 aliphatic carbocycles. The third kappa shape index (κ3) is 1.67. The van der Waals surface area contributed by atoms with E-state index in [2.05, 4.69) is 9.97 Å². The molecule has 0 atom stereocenters. The fourth-order valence-electron chi connectivity index (χ4n) is 3.00. The molecule has 7 nitrogen and oxygen atoms in total. The summed E-state index contributed by atoms with van der Waals surface area (Å²) in [6, 6.07) is 9.81. The Bertz CT molecular complexity index is 1170. The van der Waals surface area contributed by atoms with Gasteiger partial charge in [-0.15, -0.1) is 0 Å². The molecule has 0 aliphatic heterocycles. The van der Waals surface area contributed by atoms with E-state index >= 15 is 0 Å². The fraction of sp³-hybridized carbons (Fsp3) is 0.188. The molecular formula is C16H15N5O2.